The molecule has 2 saturated heterocycles. The molecule has 2 amide bonds. The molecule has 0 bridgehead atoms. The van der Waals surface area contributed by atoms with E-state index in [1.165, 1.54) is 12.1 Å². The topological polar surface area (TPSA) is 52.7 Å². The van der Waals surface area contributed by atoms with Crippen LogP contribution in [-0.2, 0) is 19.0 Å². The molecule has 2 fully saturated rings. The van der Waals surface area contributed by atoms with Crippen molar-refractivity contribution in [2.75, 3.05) is 32.7 Å². The Morgan fingerprint density at radius 2 is 1.61 bits per heavy atom. The Morgan fingerprint density at radius 1 is 0.913 bits per heavy atom. The monoisotopic (exact) mass is 655 g/mol. The predicted octanol–water partition coefficient (Wildman–Crippen LogP) is 7.87. The highest BCUT2D eigenvalue weighted by molar-refractivity contribution is 6.33. The Labute approximate surface area is 271 Å². The minimum Gasteiger partial charge on any atom is -0.345 e. The van der Waals surface area contributed by atoms with E-state index in [1.54, 1.807) is 0 Å². The number of nitrogens with zero attached hydrogens (tertiary/aromatic N) is 2. The Bertz CT molecular complexity index is 1580. The number of fused-ring (bicyclic) bond motifs is 1. The van der Waals surface area contributed by atoms with Crippen LogP contribution in [0.3, 0.4) is 0 Å². The average Bonchev–Trinajstić information content (AvgIpc) is 3.44. The van der Waals surface area contributed by atoms with E-state index in [4.69, 9.17) is 11.6 Å². The summed E-state index contributed by atoms with van der Waals surface area (Å²) in [4.78, 5) is 31.0. The van der Waals surface area contributed by atoms with Crippen molar-refractivity contribution < 1.29 is 27.2 Å². The third-order valence-corrected chi connectivity index (χ3v) is 10.5. The lowest BCUT2D eigenvalue weighted by molar-refractivity contribution is -0.137. The average molecular weight is 656 g/mol. The van der Waals surface area contributed by atoms with Gasteiger partial charge in [0.25, 0.3) is 11.8 Å². The van der Waals surface area contributed by atoms with Crippen LogP contribution in [0.15, 0.2) is 60.7 Å². The summed E-state index contributed by atoms with van der Waals surface area (Å²) in [7, 11) is 0. The molecular formula is C36H38ClF4N3O2. The Hall–Kier alpha value is -3.43. The molecule has 2 aliphatic heterocycles. The number of nitrogens with one attached hydrogen (secondary N) is 1. The normalized spacial score (nSPS) is 19.7. The Morgan fingerprint density at radius 3 is 2.30 bits per heavy atom. The number of hydrogen-bond acceptors (Lipinski definition) is 3. The molecule has 1 N–H and O–H groups in total. The van der Waals surface area contributed by atoms with Gasteiger partial charge in [0.1, 0.15) is 5.82 Å². The van der Waals surface area contributed by atoms with Crippen molar-refractivity contribution in [2.24, 2.45) is 5.41 Å². The van der Waals surface area contributed by atoms with Gasteiger partial charge in [0.15, 0.2) is 0 Å². The van der Waals surface area contributed by atoms with E-state index in [0.29, 0.717) is 31.5 Å². The van der Waals surface area contributed by atoms with Gasteiger partial charge in [-0.05, 0) is 136 Å². The first-order valence-corrected chi connectivity index (χ1v) is 16.4. The maximum absolute atomic E-state index is 13.6. The summed E-state index contributed by atoms with van der Waals surface area (Å²) in [6.07, 6.45) is 2.89. The second-order valence-electron chi connectivity index (χ2n) is 13.0. The molecule has 46 heavy (non-hydrogen) atoms. The van der Waals surface area contributed by atoms with Crippen LogP contribution >= 0.6 is 11.6 Å². The minimum absolute atomic E-state index is 0.0335. The quantitative estimate of drug-likeness (QED) is 0.264. The number of benzene rings is 3. The van der Waals surface area contributed by atoms with Crippen LogP contribution in [0, 0.1) is 11.2 Å². The van der Waals surface area contributed by atoms with E-state index in [0.717, 1.165) is 93.0 Å². The lowest BCUT2D eigenvalue weighted by Gasteiger charge is -2.47. The molecule has 244 valence electrons. The highest BCUT2D eigenvalue weighted by Gasteiger charge is 2.39. The predicted molar refractivity (Wildman–Crippen MR) is 169 cm³/mol. The Kier molecular flexibility index (Phi) is 9.44. The number of piperidine rings is 2. The maximum Gasteiger partial charge on any atom is 0.416 e. The van der Waals surface area contributed by atoms with Crippen LogP contribution in [0.1, 0.15) is 87.5 Å². The number of halogens is 5. The first kappa shape index (κ1) is 32.5. The van der Waals surface area contributed by atoms with Crippen molar-refractivity contribution in [3.63, 3.8) is 0 Å². The zero-order valence-electron chi connectivity index (χ0n) is 25.6. The molecule has 0 aromatic heterocycles. The third kappa shape index (κ3) is 7.26. The SMILES string of the molecule is O=C(NC1CCc2ccc(C(=O)N3CCC4(CCN(CCCc5ccc(F)cc5)CC4)CC3)cc21)c1cc(C(F)(F)F)ccc1Cl. The fourth-order valence-corrected chi connectivity index (χ4v) is 7.48. The summed E-state index contributed by atoms with van der Waals surface area (Å²) in [6.45, 7) is 4.55. The fourth-order valence-electron chi connectivity index (χ4n) is 7.27. The summed E-state index contributed by atoms with van der Waals surface area (Å²) >= 11 is 6.10. The van der Waals surface area contributed by atoms with Crippen LogP contribution in [0.25, 0.3) is 0 Å². The number of aryl methyl sites for hydroxylation is 2. The molecule has 1 aliphatic carbocycles. The number of likely N-dealkylation sites (tertiary alicyclic amines) is 2. The first-order valence-electron chi connectivity index (χ1n) is 16.1. The number of alkyl halides is 3. The van der Waals surface area contributed by atoms with E-state index in [9.17, 15) is 27.2 Å². The van der Waals surface area contributed by atoms with Gasteiger partial charge in [-0.2, -0.15) is 13.2 Å². The number of amides is 2. The number of carbonyl (C=O) groups is 2. The standard InChI is InChI=1S/C36H38ClF4N3O2/c37-31-11-8-27(36(39,40)41)23-30(31)33(45)42-32-12-7-25-5-6-26(22-29(25)32)34(46)44-20-15-35(16-21-44)13-18-43(19-14-35)17-1-2-24-3-9-28(38)10-4-24/h3-6,8-11,22-23,32H,1-2,7,12-21H2,(H,42,45). The molecule has 10 heteroatoms. The van der Waals surface area contributed by atoms with Crippen LogP contribution in [-0.4, -0.2) is 54.3 Å². The summed E-state index contributed by atoms with van der Waals surface area (Å²) < 4.78 is 52.9. The molecule has 1 atom stereocenters. The Balaban J connectivity index is 1.01. The highest BCUT2D eigenvalue weighted by Crippen LogP contribution is 2.42. The van der Waals surface area contributed by atoms with Crippen molar-refractivity contribution in [3.05, 3.63) is 105 Å². The molecule has 2 heterocycles. The molecule has 6 rings (SSSR count). The highest BCUT2D eigenvalue weighted by atomic mass is 35.5. The lowest BCUT2D eigenvalue weighted by atomic mass is 9.71. The molecule has 5 nitrogen and oxygen atoms in total. The van der Waals surface area contributed by atoms with Gasteiger partial charge in [-0.1, -0.05) is 29.8 Å². The number of rotatable bonds is 7. The van der Waals surface area contributed by atoms with Gasteiger partial charge in [-0.25, -0.2) is 4.39 Å². The molecule has 3 aromatic rings. The van der Waals surface area contributed by atoms with Gasteiger partial charge in [0.05, 0.1) is 22.2 Å². The van der Waals surface area contributed by atoms with Crippen LogP contribution in [0.5, 0.6) is 0 Å². The first-order chi connectivity index (χ1) is 22.0. The van der Waals surface area contributed by atoms with Gasteiger partial charge in [-0.3, -0.25) is 9.59 Å². The summed E-state index contributed by atoms with van der Waals surface area (Å²) in [5.41, 5.74) is 2.66. The fraction of sp³-hybridized carbons (Fsp3) is 0.444. The molecule has 0 radical (unpaired) electrons. The van der Waals surface area contributed by atoms with Gasteiger partial charge >= 0.3 is 6.18 Å². The molecule has 1 spiro atoms. The summed E-state index contributed by atoms with van der Waals surface area (Å²) in [5, 5.41) is 2.80. The van der Waals surface area contributed by atoms with Crippen molar-refractivity contribution in [1.82, 2.24) is 15.1 Å². The van der Waals surface area contributed by atoms with Crippen LogP contribution < -0.4 is 5.32 Å². The van der Waals surface area contributed by atoms with Crippen molar-refractivity contribution in [2.45, 2.75) is 63.6 Å². The van der Waals surface area contributed by atoms with Crippen molar-refractivity contribution in [1.29, 1.82) is 0 Å². The number of hydrogen-bond donors (Lipinski definition) is 1. The minimum atomic E-state index is -4.59. The zero-order valence-corrected chi connectivity index (χ0v) is 26.4. The van der Waals surface area contributed by atoms with Crippen molar-refractivity contribution >= 4 is 23.4 Å². The molecule has 0 saturated carbocycles. The summed E-state index contributed by atoms with van der Waals surface area (Å²) in [6, 6.07) is 14.6. The van der Waals surface area contributed by atoms with Crippen LogP contribution in [0.4, 0.5) is 17.6 Å². The second kappa shape index (κ2) is 13.4. The number of carbonyl (C=O) groups excluding carboxylic acids is 2. The molecular weight excluding hydrogens is 618 g/mol. The van der Waals surface area contributed by atoms with E-state index in [-0.39, 0.29) is 27.7 Å². The molecule has 3 aromatic carbocycles. The summed E-state index contributed by atoms with van der Waals surface area (Å²) in [5.74, 6) is -0.912. The van der Waals surface area contributed by atoms with Gasteiger partial charge in [0, 0.05) is 18.7 Å². The molecule has 1 unspecified atom stereocenters. The smallest absolute Gasteiger partial charge is 0.345 e. The van der Waals surface area contributed by atoms with Crippen molar-refractivity contribution in [3.8, 4) is 0 Å². The van der Waals surface area contributed by atoms with Gasteiger partial charge in [0.2, 0.25) is 0 Å². The van der Waals surface area contributed by atoms with E-state index in [1.807, 2.05) is 35.2 Å². The van der Waals surface area contributed by atoms with Gasteiger partial charge < -0.3 is 15.1 Å². The van der Waals surface area contributed by atoms with Gasteiger partial charge in [-0.15, -0.1) is 0 Å². The maximum atomic E-state index is 13.6. The zero-order chi connectivity index (χ0) is 32.5. The van der Waals surface area contributed by atoms with E-state index < -0.39 is 23.7 Å². The largest absolute Gasteiger partial charge is 0.416 e. The molecule has 3 aliphatic rings. The third-order valence-electron chi connectivity index (χ3n) is 10.2. The second-order valence-corrected chi connectivity index (χ2v) is 13.4. The van der Waals surface area contributed by atoms with Crippen LogP contribution in [0.2, 0.25) is 5.02 Å². The van der Waals surface area contributed by atoms with E-state index >= 15 is 0 Å². The lowest BCUT2D eigenvalue weighted by Crippen LogP contribution is -2.48. The van der Waals surface area contributed by atoms with E-state index in [2.05, 4.69) is 10.2 Å².